The number of esters is 1. The molecule has 0 unspecified atom stereocenters. The minimum Gasteiger partial charge on any atom is -0.468 e. The van der Waals surface area contributed by atoms with Crippen LogP contribution < -0.4 is 5.32 Å². The van der Waals surface area contributed by atoms with Crippen molar-refractivity contribution in [2.45, 2.75) is 25.1 Å². The van der Waals surface area contributed by atoms with E-state index in [0.29, 0.717) is 13.0 Å². The van der Waals surface area contributed by atoms with Crippen molar-refractivity contribution in [3.8, 4) is 0 Å². The van der Waals surface area contributed by atoms with Crippen LogP contribution in [0, 0.1) is 0 Å². The van der Waals surface area contributed by atoms with Gasteiger partial charge >= 0.3 is 12.1 Å². The van der Waals surface area contributed by atoms with Gasteiger partial charge in [0.25, 0.3) is 0 Å². The fourth-order valence-corrected chi connectivity index (χ4v) is 2.30. The summed E-state index contributed by atoms with van der Waals surface area (Å²) in [5, 5.41) is 3.04. The van der Waals surface area contributed by atoms with E-state index >= 15 is 0 Å². The summed E-state index contributed by atoms with van der Waals surface area (Å²) in [6.07, 6.45) is 0.139. The second-order valence-electron chi connectivity index (χ2n) is 5.02. The zero-order valence-electron chi connectivity index (χ0n) is 12.2. The molecular weight excluding hydrogens is 272 g/mol. The fraction of sp³-hybridized carbons (Fsp3) is 0.467. The Morgan fingerprint density at radius 3 is 2.71 bits per heavy atom. The van der Waals surface area contributed by atoms with Gasteiger partial charge in [0.05, 0.1) is 7.11 Å². The lowest BCUT2D eigenvalue weighted by Crippen LogP contribution is -2.38. The van der Waals surface area contributed by atoms with Crippen LogP contribution in [-0.2, 0) is 20.9 Å². The second kappa shape index (κ2) is 7.08. The van der Waals surface area contributed by atoms with E-state index in [1.807, 2.05) is 30.3 Å². The number of nitrogens with zero attached hydrogens (tertiary/aromatic N) is 1. The third-order valence-electron chi connectivity index (χ3n) is 3.63. The van der Waals surface area contributed by atoms with Gasteiger partial charge in [0.1, 0.15) is 12.6 Å². The van der Waals surface area contributed by atoms with E-state index in [9.17, 15) is 9.59 Å². The maximum absolute atomic E-state index is 12.0. The predicted octanol–water partition coefficient (Wildman–Crippen LogP) is 1.16. The van der Waals surface area contributed by atoms with Gasteiger partial charge in [-0.25, -0.2) is 4.79 Å². The van der Waals surface area contributed by atoms with Crippen molar-refractivity contribution < 1.29 is 19.1 Å². The molecule has 1 aliphatic heterocycles. The Hall–Kier alpha value is -2.08. The van der Waals surface area contributed by atoms with Crippen LogP contribution in [-0.4, -0.2) is 49.7 Å². The molecule has 114 valence electrons. The van der Waals surface area contributed by atoms with Crippen LogP contribution in [0.15, 0.2) is 30.3 Å². The molecule has 0 aromatic heterocycles. The van der Waals surface area contributed by atoms with Crippen molar-refractivity contribution in [3.63, 3.8) is 0 Å². The van der Waals surface area contributed by atoms with E-state index in [4.69, 9.17) is 9.47 Å². The molecule has 6 nitrogen and oxygen atoms in total. The number of ether oxygens (including phenoxy) is 2. The SMILES string of the molecule is COC(=O)[C@@H]1C[C@H](N(C)C(=O)OCc2ccccc2)CN1. The van der Waals surface area contributed by atoms with Gasteiger partial charge < -0.3 is 19.7 Å². The average molecular weight is 292 g/mol. The number of amides is 1. The molecule has 0 saturated carbocycles. The summed E-state index contributed by atoms with van der Waals surface area (Å²) in [6.45, 7) is 0.793. The zero-order valence-corrected chi connectivity index (χ0v) is 12.2. The molecule has 0 aliphatic carbocycles. The summed E-state index contributed by atoms with van der Waals surface area (Å²) in [5.74, 6) is -0.302. The summed E-state index contributed by atoms with van der Waals surface area (Å²) in [4.78, 5) is 25.0. The Kier molecular flexibility index (Phi) is 5.16. The number of likely N-dealkylation sites (N-methyl/N-ethyl adjacent to an activating group) is 1. The van der Waals surface area contributed by atoms with E-state index in [2.05, 4.69) is 5.32 Å². The molecule has 0 spiro atoms. The molecule has 6 heteroatoms. The predicted molar refractivity (Wildman–Crippen MR) is 76.6 cm³/mol. The molecule has 0 bridgehead atoms. The number of benzene rings is 1. The Morgan fingerprint density at radius 1 is 1.33 bits per heavy atom. The monoisotopic (exact) mass is 292 g/mol. The third-order valence-corrected chi connectivity index (χ3v) is 3.63. The molecular formula is C15H20N2O4. The molecule has 2 atom stereocenters. The van der Waals surface area contributed by atoms with Crippen LogP contribution in [0.3, 0.4) is 0 Å². The molecule has 1 amide bonds. The van der Waals surface area contributed by atoms with Crippen molar-refractivity contribution in [1.82, 2.24) is 10.2 Å². The Morgan fingerprint density at radius 2 is 2.05 bits per heavy atom. The molecule has 1 N–H and O–H groups in total. The van der Waals surface area contributed by atoms with Gasteiger partial charge in [-0.3, -0.25) is 4.79 Å². The van der Waals surface area contributed by atoms with E-state index in [0.717, 1.165) is 5.56 Å². The molecule has 1 aromatic carbocycles. The lowest BCUT2D eigenvalue weighted by atomic mass is 10.1. The van der Waals surface area contributed by atoms with Crippen molar-refractivity contribution >= 4 is 12.1 Å². The van der Waals surface area contributed by atoms with E-state index < -0.39 is 6.09 Å². The van der Waals surface area contributed by atoms with Gasteiger partial charge in [-0.15, -0.1) is 0 Å². The highest BCUT2D eigenvalue weighted by atomic mass is 16.6. The quantitative estimate of drug-likeness (QED) is 0.843. The first kappa shape index (κ1) is 15.3. The molecule has 1 aromatic rings. The molecule has 1 fully saturated rings. The summed E-state index contributed by atoms with van der Waals surface area (Å²) < 4.78 is 9.96. The van der Waals surface area contributed by atoms with E-state index in [1.165, 1.54) is 12.0 Å². The highest BCUT2D eigenvalue weighted by molar-refractivity contribution is 5.76. The standard InChI is InChI=1S/C15H20N2O4/c1-17(12-8-13(16-9-12)14(18)20-2)15(19)21-10-11-6-4-3-5-7-11/h3-7,12-13,16H,8-10H2,1-2H3/t12-,13-/m0/s1. The highest BCUT2D eigenvalue weighted by Crippen LogP contribution is 2.15. The zero-order chi connectivity index (χ0) is 15.2. The maximum Gasteiger partial charge on any atom is 0.410 e. The molecule has 1 aliphatic rings. The van der Waals surface area contributed by atoms with Crippen molar-refractivity contribution in [3.05, 3.63) is 35.9 Å². The van der Waals surface area contributed by atoms with Crippen LogP contribution in [0.25, 0.3) is 0 Å². The molecule has 2 rings (SSSR count). The first-order chi connectivity index (χ1) is 10.1. The van der Waals surface area contributed by atoms with Gasteiger partial charge in [0, 0.05) is 19.6 Å². The lowest BCUT2D eigenvalue weighted by Gasteiger charge is -2.23. The highest BCUT2D eigenvalue weighted by Gasteiger charge is 2.34. The van der Waals surface area contributed by atoms with Crippen LogP contribution >= 0.6 is 0 Å². The summed E-state index contributed by atoms with van der Waals surface area (Å²) >= 11 is 0. The van der Waals surface area contributed by atoms with Crippen LogP contribution in [0.5, 0.6) is 0 Å². The van der Waals surface area contributed by atoms with Crippen molar-refractivity contribution in [2.24, 2.45) is 0 Å². The molecule has 1 heterocycles. The largest absolute Gasteiger partial charge is 0.468 e. The first-order valence-electron chi connectivity index (χ1n) is 6.86. The number of nitrogens with one attached hydrogen (secondary N) is 1. The molecule has 0 radical (unpaired) electrons. The summed E-state index contributed by atoms with van der Waals surface area (Å²) in [5.41, 5.74) is 0.941. The van der Waals surface area contributed by atoms with Crippen molar-refractivity contribution in [2.75, 3.05) is 20.7 Å². The Bertz CT molecular complexity index is 492. The third kappa shape index (κ3) is 3.95. The smallest absolute Gasteiger partial charge is 0.410 e. The van der Waals surface area contributed by atoms with Gasteiger partial charge in [0.2, 0.25) is 0 Å². The van der Waals surface area contributed by atoms with Gasteiger partial charge in [-0.05, 0) is 12.0 Å². The molecule has 1 saturated heterocycles. The van der Waals surface area contributed by atoms with Crippen LogP contribution in [0.1, 0.15) is 12.0 Å². The topological polar surface area (TPSA) is 67.9 Å². The normalized spacial score (nSPS) is 20.9. The Labute approximate surface area is 124 Å². The molecule has 21 heavy (non-hydrogen) atoms. The average Bonchev–Trinajstić information content (AvgIpc) is 3.02. The van der Waals surface area contributed by atoms with Gasteiger partial charge in [-0.2, -0.15) is 0 Å². The number of methoxy groups -OCH3 is 1. The van der Waals surface area contributed by atoms with Crippen molar-refractivity contribution in [1.29, 1.82) is 0 Å². The van der Waals surface area contributed by atoms with Crippen LogP contribution in [0.2, 0.25) is 0 Å². The van der Waals surface area contributed by atoms with Gasteiger partial charge in [-0.1, -0.05) is 30.3 Å². The summed E-state index contributed by atoms with van der Waals surface area (Å²) in [7, 11) is 3.04. The number of hydrogen-bond acceptors (Lipinski definition) is 5. The van der Waals surface area contributed by atoms with E-state index in [-0.39, 0.29) is 24.7 Å². The second-order valence-corrected chi connectivity index (χ2v) is 5.02. The van der Waals surface area contributed by atoms with Gasteiger partial charge in [0.15, 0.2) is 0 Å². The minimum atomic E-state index is -0.392. The van der Waals surface area contributed by atoms with E-state index in [1.54, 1.807) is 7.05 Å². The fourth-order valence-electron chi connectivity index (χ4n) is 2.30. The number of rotatable bonds is 4. The van der Waals surface area contributed by atoms with Crippen LogP contribution in [0.4, 0.5) is 4.79 Å². The first-order valence-corrected chi connectivity index (χ1v) is 6.86. The number of hydrogen-bond donors (Lipinski definition) is 1. The maximum atomic E-state index is 12.0. The number of carbonyl (C=O) groups is 2. The number of carbonyl (C=O) groups excluding carboxylic acids is 2. The summed E-state index contributed by atoms with van der Waals surface area (Å²) in [6, 6.07) is 9.08. The minimum absolute atomic E-state index is 0.0719. The Balaban J connectivity index is 1.81. The lowest BCUT2D eigenvalue weighted by molar-refractivity contribution is -0.142.